The van der Waals surface area contributed by atoms with Crippen LogP contribution in [0.4, 0.5) is 5.69 Å². The maximum absolute atomic E-state index is 13.9. The summed E-state index contributed by atoms with van der Waals surface area (Å²) in [6.45, 7) is 2.87. The molecule has 1 atom stereocenters. The highest BCUT2D eigenvalue weighted by Crippen LogP contribution is 2.39. The van der Waals surface area contributed by atoms with Crippen molar-refractivity contribution in [2.45, 2.75) is 32.4 Å². The standard InChI is InChI=1S/C29H27BrN4O5/c1-16-25(27(36)17-7-3-2-4-8-17)22(14-20-19-13-18(30)9-10-21(19)32-28(20)37)34(26(16)29(38)39)24(15-23(31)35)33-11-5-6-12-33/h2-4,7-10,13-14,24H,5-6,11-12,15H2,1H3,(H2,31,35)(H,32,37)(H,38,39). The number of aromatic nitrogens is 1. The van der Waals surface area contributed by atoms with Gasteiger partial charge in [0.2, 0.25) is 5.91 Å². The second-order valence-corrected chi connectivity index (χ2v) is 10.6. The average molecular weight is 591 g/mol. The number of carboxylic acids is 1. The Kier molecular flexibility index (Phi) is 7.24. The van der Waals surface area contributed by atoms with E-state index in [1.165, 1.54) is 4.57 Å². The largest absolute Gasteiger partial charge is 0.477 e. The normalized spacial score (nSPS) is 16.8. The molecule has 4 N–H and O–H groups in total. The fourth-order valence-electron chi connectivity index (χ4n) is 5.51. The van der Waals surface area contributed by atoms with Crippen molar-refractivity contribution in [3.05, 3.63) is 86.6 Å². The summed E-state index contributed by atoms with van der Waals surface area (Å²) in [6, 6.07) is 13.9. The van der Waals surface area contributed by atoms with Crippen LogP contribution in [0.5, 0.6) is 0 Å². The van der Waals surface area contributed by atoms with Gasteiger partial charge in [-0.05, 0) is 49.6 Å². The van der Waals surface area contributed by atoms with Crippen molar-refractivity contribution < 1.29 is 24.3 Å². The molecule has 0 bridgehead atoms. The number of ketones is 1. The third kappa shape index (κ3) is 4.93. The van der Waals surface area contributed by atoms with Gasteiger partial charge in [-0.2, -0.15) is 0 Å². The lowest BCUT2D eigenvalue weighted by Gasteiger charge is -2.30. The Morgan fingerprint density at radius 2 is 1.82 bits per heavy atom. The van der Waals surface area contributed by atoms with Crippen molar-refractivity contribution in [1.82, 2.24) is 9.47 Å². The smallest absolute Gasteiger partial charge is 0.352 e. The molecule has 1 aromatic heterocycles. The van der Waals surface area contributed by atoms with Crippen LogP contribution < -0.4 is 11.1 Å². The number of rotatable bonds is 8. The van der Waals surface area contributed by atoms with E-state index in [9.17, 15) is 24.3 Å². The number of carboxylic acid groups (broad SMARTS) is 1. The first-order valence-corrected chi connectivity index (χ1v) is 13.4. The molecule has 2 aromatic carbocycles. The Bertz CT molecular complexity index is 1540. The quantitative estimate of drug-likeness (QED) is 0.262. The van der Waals surface area contributed by atoms with Gasteiger partial charge in [-0.3, -0.25) is 19.3 Å². The predicted octanol–water partition coefficient (Wildman–Crippen LogP) is 4.45. The molecule has 9 nitrogen and oxygen atoms in total. The highest BCUT2D eigenvalue weighted by Gasteiger charge is 2.36. The summed E-state index contributed by atoms with van der Waals surface area (Å²) in [7, 11) is 0. The summed E-state index contributed by atoms with van der Waals surface area (Å²) in [4.78, 5) is 54.1. The summed E-state index contributed by atoms with van der Waals surface area (Å²) in [5.41, 5.74) is 8.08. The number of amides is 2. The van der Waals surface area contributed by atoms with Crippen molar-refractivity contribution in [2.75, 3.05) is 18.4 Å². The lowest BCUT2D eigenvalue weighted by Crippen LogP contribution is -2.36. The van der Waals surface area contributed by atoms with Crippen LogP contribution in [-0.4, -0.2) is 51.2 Å². The van der Waals surface area contributed by atoms with Gasteiger partial charge in [0, 0.05) is 34.4 Å². The summed E-state index contributed by atoms with van der Waals surface area (Å²) in [5.74, 6) is -2.60. The molecular formula is C29H27BrN4O5. The minimum absolute atomic E-state index is 0.118. The van der Waals surface area contributed by atoms with Crippen LogP contribution in [-0.2, 0) is 9.59 Å². The number of nitrogens with two attached hydrogens (primary N) is 1. The lowest BCUT2D eigenvalue weighted by molar-refractivity contribution is -0.120. The Balaban J connectivity index is 1.84. The van der Waals surface area contributed by atoms with Crippen molar-refractivity contribution in [3.8, 4) is 0 Å². The minimum Gasteiger partial charge on any atom is -0.477 e. The van der Waals surface area contributed by atoms with Crippen molar-refractivity contribution in [2.24, 2.45) is 5.73 Å². The molecule has 0 saturated carbocycles. The van der Waals surface area contributed by atoms with Gasteiger partial charge in [0.25, 0.3) is 5.91 Å². The van der Waals surface area contributed by atoms with Crippen LogP contribution in [0.3, 0.4) is 0 Å². The number of anilines is 1. The van der Waals surface area contributed by atoms with Crippen molar-refractivity contribution in [3.63, 3.8) is 0 Å². The monoisotopic (exact) mass is 590 g/mol. The highest BCUT2D eigenvalue weighted by atomic mass is 79.9. The molecule has 2 aliphatic heterocycles. The molecule has 3 aromatic rings. The molecule has 39 heavy (non-hydrogen) atoms. The average Bonchev–Trinajstić information content (AvgIpc) is 3.60. The number of aromatic carboxylic acids is 1. The molecule has 1 fully saturated rings. The molecule has 2 aliphatic rings. The number of carbonyl (C=O) groups is 4. The second-order valence-electron chi connectivity index (χ2n) is 9.70. The van der Waals surface area contributed by atoms with E-state index in [1.807, 2.05) is 4.90 Å². The molecule has 0 spiro atoms. The van der Waals surface area contributed by atoms with Gasteiger partial charge >= 0.3 is 5.97 Å². The third-order valence-corrected chi connectivity index (χ3v) is 7.74. The van der Waals surface area contributed by atoms with E-state index in [-0.39, 0.29) is 46.2 Å². The number of hydrogen-bond acceptors (Lipinski definition) is 5. The lowest BCUT2D eigenvalue weighted by atomic mass is 9.97. The first-order chi connectivity index (χ1) is 18.7. The molecular weight excluding hydrogens is 564 g/mol. The third-order valence-electron chi connectivity index (χ3n) is 7.24. The number of carbonyl (C=O) groups excluding carboxylic acids is 3. The maximum Gasteiger partial charge on any atom is 0.352 e. The van der Waals surface area contributed by atoms with Crippen LogP contribution >= 0.6 is 15.9 Å². The number of likely N-dealkylation sites (tertiary alicyclic amines) is 1. The Morgan fingerprint density at radius 1 is 1.13 bits per heavy atom. The zero-order valence-corrected chi connectivity index (χ0v) is 22.8. The number of primary amides is 1. The number of halogens is 1. The van der Waals surface area contributed by atoms with Crippen molar-refractivity contribution in [1.29, 1.82) is 0 Å². The zero-order valence-electron chi connectivity index (χ0n) is 21.2. The van der Waals surface area contributed by atoms with E-state index in [2.05, 4.69) is 21.2 Å². The van der Waals surface area contributed by atoms with E-state index in [0.717, 1.165) is 17.3 Å². The van der Waals surface area contributed by atoms with Gasteiger partial charge in [-0.1, -0.05) is 46.3 Å². The van der Waals surface area contributed by atoms with Gasteiger partial charge in [-0.25, -0.2) is 4.79 Å². The summed E-state index contributed by atoms with van der Waals surface area (Å²) >= 11 is 3.45. The molecule has 2 amide bonds. The van der Waals surface area contributed by atoms with Crippen LogP contribution in [0, 0.1) is 6.92 Å². The van der Waals surface area contributed by atoms with Crippen LogP contribution in [0.25, 0.3) is 11.6 Å². The van der Waals surface area contributed by atoms with Gasteiger partial charge in [-0.15, -0.1) is 0 Å². The molecule has 3 heterocycles. The Labute approximate surface area is 233 Å². The number of hydrogen-bond donors (Lipinski definition) is 3. The van der Waals surface area contributed by atoms with E-state index in [0.29, 0.717) is 29.9 Å². The number of nitrogens with one attached hydrogen (secondary N) is 1. The van der Waals surface area contributed by atoms with Crippen LogP contribution in [0.1, 0.15) is 68.7 Å². The van der Waals surface area contributed by atoms with E-state index in [1.54, 1.807) is 61.5 Å². The molecule has 1 saturated heterocycles. The Morgan fingerprint density at radius 3 is 2.46 bits per heavy atom. The molecule has 0 aliphatic carbocycles. The summed E-state index contributed by atoms with van der Waals surface area (Å²) in [5, 5.41) is 13.2. The van der Waals surface area contributed by atoms with Gasteiger partial charge in [0.15, 0.2) is 5.78 Å². The van der Waals surface area contributed by atoms with E-state index >= 15 is 0 Å². The molecule has 200 valence electrons. The van der Waals surface area contributed by atoms with Gasteiger partial charge in [0.1, 0.15) is 5.69 Å². The van der Waals surface area contributed by atoms with Crippen molar-refractivity contribution >= 4 is 56.8 Å². The summed E-state index contributed by atoms with van der Waals surface area (Å²) in [6.07, 6.45) is 2.43. The molecule has 10 heteroatoms. The first kappa shape index (κ1) is 26.6. The van der Waals surface area contributed by atoms with Crippen LogP contribution in [0.2, 0.25) is 0 Å². The SMILES string of the molecule is Cc1c(C(=O)c2ccccc2)c(C=C2C(=O)Nc3ccc(Br)cc32)n(C(CC(N)=O)N2CCCC2)c1C(=O)O. The molecule has 5 rings (SSSR count). The van der Waals surface area contributed by atoms with E-state index in [4.69, 9.17) is 5.73 Å². The van der Waals surface area contributed by atoms with Gasteiger partial charge in [0.05, 0.1) is 29.4 Å². The zero-order chi connectivity index (χ0) is 27.8. The topological polar surface area (TPSA) is 135 Å². The van der Waals surface area contributed by atoms with Gasteiger partial charge < -0.3 is 20.7 Å². The second kappa shape index (κ2) is 10.6. The fourth-order valence-corrected chi connectivity index (χ4v) is 5.87. The maximum atomic E-state index is 13.9. The fraction of sp³-hybridized carbons (Fsp3) is 0.241. The van der Waals surface area contributed by atoms with Crippen LogP contribution in [0.15, 0.2) is 53.0 Å². The van der Waals surface area contributed by atoms with E-state index < -0.39 is 18.0 Å². The number of fused-ring (bicyclic) bond motifs is 1. The highest BCUT2D eigenvalue weighted by molar-refractivity contribution is 9.10. The Hall–Kier alpha value is -4.02. The minimum atomic E-state index is -1.24. The molecule has 1 unspecified atom stereocenters. The number of benzene rings is 2. The first-order valence-electron chi connectivity index (χ1n) is 12.6. The molecule has 0 radical (unpaired) electrons. The summed E-state index contributed by atoms with van der Waals surface area (Å²) < 4.78 is 2.27. The number of nitrogens with zero attached hydrogens (tertiary/aromatic N) is 2. The predicted molar refractivity (Wildman–Crippen MR) is 150 cm³/mol.